The molecule has 0 saturated carbocycles. The largest absolute Gasteiger partial charge is 0.481 e. The first-order valence-corrected chi connectivity index (χ1v) is 4.55. The van der Waals surface area contributed by atoms with Crippen LogP contribution in [0.4, 0.5) is 0 Å². The number of nitrogens with zero attached hydrogens (tertiary/aromatic N) is 1. The van der Waals surface area contributed by atoms with Crippen LogP contribution in [0, 0.1) is 0 Å². The van der Waals surface area contributed by atoms with Gasteiger partial charge in [-0.3, -0.25) is 9.79 Å². The molecular weight excluding hydrogens is 184 g/mol. The summed E-state index contributed by atoms with van der Waals surface area (Å²) in [5, 5.41) is 8.40. The summed E-state index contributed by atoms with van der Waals surface area (Å²) < 4.78 is 0. The Labute approximate surface area is 83.2 Å². The number of nitrogens with two attached hydrogens (primary N) is 3. The minimum Gasteiger partial charge on any atom is -0.481 e. The van der Waals surface area contributed by atoms with E-state index >= 15 is 0 Å². The van der Waals surface area contributed by atoms with Crippen molar-refractivity contribution in [3.05, 3.63) is 0 Å². The quantitative estimate of drug-likeness (QED) is 0.245. The highest BCUT2D eigenvalue weighted by atomic mass is 16.4. The fraction of sp³-hybridized carbons (Fsp3) is 0.750. The van der Waals surface area contributed by atoms with Gasteiger partial charge in [0, 0.05) is 19.0 Å². The fourth-order valence-electron chi connectivity index (χ4n) is 1.01. The zero-order valence-electron chi connectivity index (χ0n) is 8.15. The van der Waals surface area contributed by atoms with Crippen LogP contribution in [-0.2, 0) is 4.79 Å². The lowest BCUT2D eigenvalue weighted by molar-refractivity contribution is -0.137. The van der Waals surface area contributed by atoms with Gasteiger partial charge in [-0.25, -0.2) is 0 Å². The number of rotatable bonds is 7. The first kappa shape index (κ1) is 12.7. The van der Waals surface area contributed by atoms with E-state index in [2.05, 4.69) is 4.99 Å². The van der Waals surface area contributed by atoms with Crippen molar-refractivity contribution in [3.8, 4) is 0 Å². The van der Waals surface area contributed by atoms with Crippen molar-refractivity contribution < 1.29 is 9.90 Å². The van der Waals surface area contributed by atoms with Gasteiger partial charge in [0.1, 0.15) is 0 Å². The van der Waals surface area contributed by atoms with E-state index < -0.39 is 5.97 Å². The summed E-state index contributed by atoms with van der Waals surface area (Å²) in [5.74, 6) is -0.742. The van der Waals surface area contributed by atoms with Crippen LogP contribution in [-0.4, -0.2) is 29.6 Å². The van der Waals surface area contributed by atoms with Crippen LogP contribution >= 0.6 is 0 Å². The van der Waals surface area contributed by atoms with Gasteiger partial charge in [-0.15, -0.1) is 0 Å². The topological polar surface area (TPSA) is 128 Å². The monoisotopic (exact) mass is 202 g/mol. The Morgan fingerprint density at radius 3 is 2.50 bits per heavy atom. The molecule has 1 atom stereocenters. The zero-order valence-corrected chi connectivity index (χ0v) is 8.15. The first-order valence-electron chi connectivity index (χ1n) is 4.55. The van der Waals surface area contributed by atoms with Crippen LogP contribution < -0.4 is 17.2 Å². The van der Waals surface area contributed by atoms with Gasteiger partial charge in [-0.1, -0.05) is 0 Å². The molecule has 82 valence electrons. The summed E-state index contributed by atoms with van der Waals surface area (Å²) in [6.07, 6.45) is 2.13. The average molecular weight is 202 g/mol. The van der Waals surface area contributed by atoms with Gasteiger partial charge < -0.3 is 22.3 Å². The maximum atomic E-state index is 10.2. The Morgan fingerprint density at radius 2 is 2.00 bits per heavy atom. The molecule has 14 heavy (non-hydrogen) atoms. The normalized spacial score (nSPS) is 12.1. The SMILES string of the molecule is NC(N)=NCCC[C@H](N)CCC(=O)O. The molecule has 0 heterocycles. The second-order valence-corrected chi connectivity index (χ2v) is 3.14. The Kier molecular flexibility index (Phi) is 6.47. The average Bonchev–Trinajstić information content (AvgIpc) is 2.08. The fourth-order valence-corrected chi connectivity index (χ4v) is 1.01. The van der Waals surface area contributed by atoms with E-state index in [1.807, 2.05) is 0 Å². The molecule has 0 rings (SSSR count). The van der Waals surface area contributed by atoms with E-state index in [1.165, 1.54) is 0 Å². The molecule has 0 unspecified atom stereocenters. The summed E-state index contributed by atoms with van der Waals surface area (Å²) in [6.45, 7) is 0.545. The third-order valence-corrected chi connectivity index (χ3v) is 1.76. The van der Waals surface area contributed by atoms with Gasteiger partial charge in [0.25, 0.3) is 0 Å². The molecule has 6 nitrogen and oxygen atoms in total. The molecule has 0 aromatic rings. The second-order valence-electron chi connectivity index (χ2n) is 3.14. The Morgan fingerprint density at radius 1 is 1.36 bits per heavy atom. The van der Waals surface area contributed by atoms with Gasteiger partial charge in [0.05, 0.1) is 0 Å². The third-order valence-electron chi connectivity index (χ3n) is 1.76. The number of aliphatic carboxylic acids is 1. The van der Waals surface area contributed by atoms with E-state index in [4.69, 9.17) is 22.3 Å². The van der Waals surface area contributed by atoms with Gasteiger partial charge in [0.15, 0.2) is 5.96 Å². The number of aliphatic imine (C=N–C) groups is 1. The van der Waals surface area contributed by atoms with E-state index in [1.54, 1.807) is 0 Å². The highest BCUT2D eigenvalue weighted by Gasteiger charge is 2.04. The zero-order chi connectivity index (χ0) is 11.0. The van der Waals surface area contributed by atoms with E-state index in [9.17, 15) is 4.79 Å². The van der Waals surface area contributed by atoms with E-state index in [-0.39, 0.29) is 18.4 Å². The number of hydrogen-bond donors (Lipinski definition) is 4. The summed E-state index contributed by atoms with van der Waals surface area (Å²) in [5.41, 5.74) is 15.9. The molecular formula is C8H18N4O2. The highest BCUT2D eigenvalue weighted by Crippen LogP contribution is 2.02. The highest BCUT2D eigenvalue weighted by molar-refractivity contribution is 5.75. The van der Waals surface area contributed by atoms with Crippen molar-refractivity contribution in [2.75, 3.05) is 6.54 Å². The maximum Gasteiger partial charge on any atom is 0.303 e. The number of carboxylic acids is 1. The third kappa shape index (κ3) is 8.79. The molecule has 0 aliphatic carbocycles. The Bertz CT molecular complexity index is 202. The number of carboxylic acid groups (broad SMARTS) is 1. The number of carbonyl (C=O) groups is 1. The van der Waals surface area contributed by atoms with Crippen molar-refractivity contribution in [2.45, 2.75) is 31.7 Å². The summed E-state index contributed by atoms with van der Waals surface area (Å²) >= 11 is 0. The van der Waals surface area contributed by atoms with Crippen LogP contribution in [0.1, 0.15) is 25.7 Å². The van der Waals surface area contributed by atoms with Gasteiger partial charge in [-0.2, -0.15) is 0 Å². The summed E-state index contributed by atoms with van der Waals surface area (Å²) in [7, 11) is 0. The molecule has 0 radical (unpaired) electrons. The molecule has 0 spiro atoms. The van der Waals surface area contributed by atoms with Crippen LogP contribution in [0.15, 0.2) is 4.99 Å². The molecule has 6 heteroatoms. The van der Waals surface area contributed by atoms with Crippen molar-refractivity contribution in [1.82, 2.24) is 0 Å². The molecule has 0 aliphatic heterocycles. The predicted octanol–water partition coefficient (Wildman–Crippen LogP) is -0.768. The molecule has 0 aliphatic rings. The minimum absolute atomic E-state index is 0.0732. The van der Waals surface area contributed by atoms with Gasteiger partial charge in [0.2, 0.25) is 0 Å². The molecule has 0 bridgehead atoms. The van der Waals surface area contributed by atoms with E-state index in [0.29, 0.717) is 13.0 Å². The van der Waals surface area contributed by atoms with E-state index in [0.717, 1.165) is 12.8 Å². The first-order chi connectivity index (χ1) is 6.52. The smallest absolute Gasteiger partial charge is 0.303 e. The maximum absolute atomic E-state index is 10.2. The molecule has 0 saturated heterocycles. The lowest BCUT2D eigenvalue weighted by Gasteiger charge is -2.08. The molecule has 0 aromatic heterocycles. The minimum atomic E-state index is -0.815. The molecule has 0 aromatic carbocycles. The van der Waals surface area contributed by atoms with Crippen molar-refractivity contribution >= 4 is 11.9 Å². The van der Waals surface area contributed by atoms with Crippen molar-refractivity contribution in [3.63, 3.8) is 0 Å². The van der Waals surface area contributed by atoms with Crippen LogP contribution in [0.3, 0.4) is 0 Å². The summed E-state index contributed by atoms with van der Waals surface area (Å²) in [6, 6.07) is -0.0831. The lowest BCUT2D eigenvalue weighted by Crippen LogP contribution is -2.24. The second kappa shape index (κ2) is 7.14. The van der Waals surface area contributed by atoms with Crippen LogP contribution in [0.2, 0.25) is 0 Å². The van der Waals surface area contributed by atoms with Gasteiger partial charge >= 0.3 is 5.97 Å². The standard InChI is InChI=1S/C8H18N4O2/c9-6(3-4-7(13)14)2-1-5-12-8(10)11/h6H,1-5,9H2,(H,13,14)(H4,10,11,12)/t6-/m0/s1. The Balaban J connectivity index is 3.40. The number of hydrogen-bond acceptors (Lipinski definition) is 3. The Hall–Kier alpha value is -1.30. The summed E-state index contributed by atoms with van der Waals surface area (Å²) in [4.78, 5) is 14.0. The lowest BCUT2D eigenvalue weighted by atomic mass is 10.1. The molecule has 7 N–H and O–H groups in total. The van der Waals surface area contributed by atoms with Crippen molar-refractivity contribution in [2.24, 2.45) is 22.2 Å². The molecule has 0 amide bonds. The van der Waals surface area contributed by atoms with Crippen LogP contribution in [0.5, 0.6) is 0 Å². The molecule has 0 fully saturated rings. The van der Waals surface area contributed by atoms with Crippen molar-refractivity contribution in [1.29, 1.82) is 0 Å². The van der Waals surface area contributed by atoms with Crippen LogP contribution in [0.25, 0.3) is 0 Å². The van der Waals surface area contributed by atoms with Gasteiger partial charge in [-0.05, 0) is 19.3 Å². The number of guanidine groups is 1. The predicted molar refractivity (Wildman–Crippen MR) is 54.8 cm³/mol.